The van der Waals surface area contributed by atoms with E-state index in [2.05, 4.69) is 0 Å². The number of aliphatic hydroxyl groups excluding tert-OH is 1. The minimum Gasteiger partial charge on any atom is -0.457 e. The molecule has 1 aliphatic rings. The monoisotopic (exact) mass is 582 g/mol. The van der Waals surface area contributed by atoms with Gasteiger partial charge in [0.1, 0.15) is 34.2 Å². The summed E-state index contributed by atoms with van der Waals surface area (Å²) in [4.78, 5) is 24.6. The van der Waals surface area contributed by atoms with Gasteiger partial charge >= 0.3 is 12.1 Å². The normalized spacial score (nSPS) is 13.2. The number of ether oxygens (including phenoxy) is 2. The second kappa shape index (κ2) is 11.2. The fraction of sp³-hybridized carbons (Fsp3) is 0.241. The molecule has 0 spiro atoms. The van der Waals surface area contributed by atoms with E-state index in [4.69, 9.17) is 19.6 Å². The smallest absolute Gasteiger partial charge is 0.412 e. The summed E-state index contributed by atoms with van der Waals surface area (Å²) in [5, 5.41) is 9.68. The molecule has 10 nitrogen and oxygen atoms in total. The molecule has 1 aliphatic carbocycles. The maximum atomic E-state index is 13.2. The first-order chi connectivity index (χ1) is 19.5. The van der Waals surface area contributed by atoms with Crippen molar-refractivity contribution in [2.75, 3.05) is 23.7 Å². The Hall–Kier alpha value is -4.42. The number of carbonyl (C=O) groups excluding carboxylic acids is 2. The van der Waals surface area contributed by atoms with Gasteiger partial charge < -0.3 is 24.7 Å². The van der Waals surface area contributed by atoms with Crippen molar-refractivity contribution in [3.05, 3.63) is 77.6 Å². The lowest BCUT2D eigenvalue weighted by molar-refractivity contribution is 0.0640. The molecule has 1 amide bonds. The predicted molar refractivity (Wildman–Crippen MR) is 149 cm³/mol. The summed E-state index contributed by atoms with van der Waals surface area (Å²) in [7, 11) is -3.71. The van der Waals surface area contributed by atoms with Gasteiger partial charge in [-0.25, -0.2) is 22.4 Å². The van der Waals surface area contributed by atoms with Gasteiger partial charge in [0.05, 0.1) is 11.9 Å². The predicted octanol–water partition coefficient (Wildman–Crippen LogP) is 5.29. The fourth-order valence-electron chi connectivity index (χ4n) is 4.63. The van der Waals surface area contributed by atoms with Crippen LogP contribution in [0.15, 0.2) is 65.1 Å². The molecule has 3 N–H and O–H groups in total. The average Bonchev–Trinajstić information content (AvgIpc) is 3.69. The number of aliphatic hydroxyl groups is 1. The highest BCUT2D eigenvalue weighted by Crippen LogP contribution is 2.48. The molecule has 4 aromatic rings. The number of esters is 1. The van der Waals surface area contributed by atoms with Crippen LogP contribution in [0.2, 0.25) is 0 Å². The molecule has 0 bridgehead atoms. The zero-order chi connectivity index (χ0) is 29.3. The summed E-state index contributed by atoms with van der Waals surface area (Å²) < 4.78 is 56.5. The molecule has 1 aromatic heterocycles. The number of anilines is 1. The van der Waals surface area contributed by atoms with Crippen molar-refractivity contribution in [3.63, 3.8) is 0 Å². The van der Waals surface area contributed by atoms with Gasteiger partial charge in [0.15, 0.2) is 0 Å². The van der Waals surface area contributed by atoms with Crippen molar-refractivity contribution in [3.8, 4) is 22.8 Å². The molecule has 1 saturated carbocycles. The molecular formula is C29H27FN2O8S. The quantitative estimate of drug-likeness (QED) is 0.189. The Morgan fingerprint density at radius 1 is 1.07 bits per heavy atom. The molecule has 0 radical (unpaired) electrons. The fourth-order valence-corrected chi connectivity index (χ4v) is 5.60. The summed E-state index contributed by atoms with van der Waals surface area (Å²) in [6, 6.07) is 15.3. The van der Waals surface area contributed by atoms with E-state index in [9.17, 15) is 27.5 Å². The summed E-state index contributed by atoms with van der Waals surface area (Å²) in [6.07, 6.45) is 1.68. The van der Waals surface area contributed by atoms with Crippen molar-refractivity contribution in [2.45, 2.75) is 25.2 Å². The van der Waals surface area contributed by atoms with Gasteiger partial charge in [-0.15, -0.1) is 0 Å². The summed E-state index contributed by atoms with van der Waals surface area (Å²) in [5.41, 5.74) is 6.83. The number of sulfonamides is 1. The van der Waals surface area contributed by atoms with Gasteiger partial charge in [-0.3, -0.25) is 4.31 Å². The van der Waals surface area contributed by atoms with E-state index >= 15 is 0 Å². The number of hydrogen-bond acceptors (Lipinski definition) is 8. The van der Waals surface area contributed by atoms with E-state index in [0.29, 0.717) is 33.7 Å². The molecule has 1 fully saturated rings. The Kier molecular flexibility index (Phi) is 7.70. The maximum absolute atomic E-state index is 13.2. The zero-order valence-electron chi connectivity index (χ0n) is 22.0. The number of rotatable bonds is 10. The van der Waals surface area contributed by atoms with Crippen molar-refractivity contribution >= 4 is 38.7 Å². The van der Waals surface area contributed by atoms with E-state index in [0.717, 1.165) is 19.1 Å². The van der Waals surface area contributed by atoms with Crippen LogP contribution in [0.25, 0.3) is 22.3 Å². The van der Waals surface area contributed by atoms with Gasteiger partial charge in [-0.1, -0.05) is 0 Å². The van der Waals surface area contributed by atoms with Crippen molar-refractivity contribution < 1.29 is 41.4 Å². The highest BCUT2D eigenvalue weighted by Gasteiger charge is 2.33. The minimum atomic E-state index is -3.71. The van der Waals surface area contributed by atoms with Crippen LogP contribution < -0.4 is 14.8 Å². The Balaban J connectivity index is 1.62. The summed E-state index contributed by atoms with van der Waals surface area (Å²) in [6.45, 7) is -0.137. The summed E-state index contributed by atoms with van der Waals surface area (Å²) in [5.74, 6) is -0.412. The molecule has 0 unspecified atom stereocenters. The second-order valence-corrected chi connectivity index (χ2v) is 11.6. The lowest BCUT2D eigenvalue weighted by Crippen LogP contribution is -2.32. The van der Waals surface area contributed by atoms with E-state index in [1.54, 1.807) is 36.4 Å². The summed E-state index contributed by atoms with van der Waals surface area (Å²) >= 11 is 0. The number of amides is 1. The van der Waals surface area contributed by atoms with Gasteiger partial charge in [0.25, 0.3) is 0 Å². The Labute approximate surface area is 235 Å². The first-order valence-corrected chi connectivity index (χ1v) is 14.6. The first-order valence-electron chi connectivity index (χ1n) is 12.8. The minimum absolute atomic E-state index is 0.0410. The van der Waals surface area contributed by atoms with Crippen molar-refractivity contribution in [2.24, 2.45) is 5.73 Å². The molecule has 1 heterocycles. The lowest BCUT2D eigenvalue weighted by Gasteiger charge is -2.25. The number of furan rings is 1. The third-order valence-electron chi connectivity index (χ3n) is 6.61. The van der Waals surface area contributed by atoms with Gasteiger partial charge in [-0.2, -0.15) is 0 Å². The molecule has 41 heavy (non-hydrogen) atoms. The number of fused-ring (bicyclic) bond motifs is 1. The van der Waals surface area contributed by atoms with Crippen LogP contribution in [0.1, 0.15) is 41.1 Å². The van der Waals surface area contributed by atoms with Gasteiger partial charge in [0.2, 0.25) is 10.0 Å². The average molecular weight is 583 g/mol. The maximum Gasteiger partial charge on any atom is 0.412 e. The molecule has 0 saturated heterocycles. The number of nitrogens with two attached hydrogens (primary N) is 1. The molecular weight excluding hydrogens is 555 g/mol. The first kappa shape index (κ1) is 28.1. The topological polar surface area (TPSA) is 149 Å². The number of nitrogens with zero attached hydrogens (tertiary/aromatic N) is 1. The van der Waals surface area contributed by atoms with Crippen LogP contribution >= 0.6 is 0 Å². The lowest BCUT2D eigenvalue weighted by atomic mass is 10.0. The zero-order valence-corrected chi connectivity index (χ0v) is 22.8. The number of halogens is 1. The van der Waals surface area contributed by atoms with Gasteiger partial charge in [0, 0.05) is 30.2 Å². The number of carbonyl (C=O) groups is 2. The Bertz CT molecular complexity index is 1710. The third kappa shape index (κ3) is 6.18. The van der Waals surface area contributed by atoms with Gasteiger partial charge in [-0.05, 0) is 85.3 Å². The van der Waals surface area contributed by atoms with Crippen LogP contribution in [0.3, 0.4) is 0 Å². The second-order valence-electron chi connectivity index (χ2n) is 9.69. The largest absolute Gasteiger partial charge is 0.457 e. The molecule has 3 aromatic carbocycles. The number of hydrogen-bond donors (Lipinski definition) is 2. The Morgan fingerprint density at radius 2 is 1.71 bits per heavy atom. The number of primary amides is 1. The van der Waals surface area contributed by atoms with Crippen LogP contribution in [0.4, 0.5) is 14.9 Å². The van der Waals surface area contributed by atoms with Crippen LogP contribution in [0, 0.1) is 5.82 Å². The molecule has 0 atom stereocenters. The van der Waals surface area contributed by atoms with Crippen LogP contribution in [0.5, 0.6) is 11.5 Å². The molecule has 5 rings (SSSR count). The standard InChI is InChI=1S/C29H27FN2O8S/c1-41(36,37)32(13-2-14-33)24-16-25-23(15-22(24)17-3-4-17)26(28(34)40-29(31)35)27(39-25)18-5-9-20(10-6-18)38-21-11-7-19(30)8-12-21/h5-12,15-17,33H,2-4,13-14H2,1H3,(H2,31,35). The van der Waals surface area contributed by atoms with E-state index in [1.807, 2.05) is 0 Å². The van der Waals surface area contributed by atoms with Crippen molar-refractivity contribution in [1.82, 2.24) is 0 Å². The van der Waals surface area contributed by atoms with E-state index in [-0.39, 0.29) is 42.4 Å². The van der Waals surface area contributed by atoms with E-state index < -0.39 is 27.9 Å². The molecule has 12 heteroatoms. The van der Waals surface area contributed by atoms with Crippen LogP contribution in [-0.2, 0) is 14.8 Å². The Morgan fingerprint density at radius 3 is 2.27 bits per heavy atom. The van der Waals surface area contributed by atoms with E-state index in [1.165, 1.54) is 28.6 Å². The van der Waals surface area contributed by atoms with Crippen molar-refractivity contribution in [1.29, 1.82) is 0 Å². The molecule has 214 valence electrons. The number of benzene rings is 3. The SMILES string of the molecule is CS(=O)(=O)N(CCCO)c1cc2oc(-c3ccc(Oc4ccc(F)cc4)cc3)c(C(=O)OC(N)=O)c2cc1C1CC1. The highest BCUT2D eigenvalue weighted by molar-refractivity contribution is 7.92. The highest BCUT2D eigenvalue weighted by atomic mass is 32.2. The van der Waals surface area contributed by atoms with Crippen LogP contribution in [-0.4, -0.2) is 45.0 Å². The third-order valence-corrected chi connectivity index (χ3v) is 7.79. The molecule has 0 aliphatic heterocycles.